The van der Waals surface area contributed by atoms with Crippen LogP contribution in [0.3, 0.4) is 0 Å². The number of imide groups is 1. The van der Waals surface area contributed by atoms with E-state index in [0.29, 0.717) is 22.7 Å². The zero-order valence-corrected chi connectivity index (χ0v) is 20.8. The van der Waals surface area contributed by atoms with Crippen molar-refractivity contribution in [2.75, 3.05) is 24.4 Å². The maximum absolute atomic E-state index is 13.1. The van der Waals surface area contributed by atoms with Crippen molar-refractivity contribution < 1.29 is 28.6 Å². The van der Waals surface area contributed by atoms with Gasteiger partial charge < -0.3 is 19.5 Å². The monoisotopic (exact) mass is 506 g/mol. The summed E-state index contributed by atoms with van der Waals surface area (Å²) in [4.78, 5) is 39.4. The summed E-state index contributed by atoms with van der Waals surface area (Å²) in [5.74, 6) is -0.636. The first-order valence-electron chi connectivity index (χ1n) is 10.9. The Hall–Kier alpha value is -4.30. The highest BCUT2D eigenvalue weighted by atomic mass is 35.5. The van der Waals surface area contributed by atoms with Gasteiger partial charge in [0.1, 0.15) is 28.0 Å². The summed E-state index contributed by atoms with van der Waals surface area (Å²) in [6.45, 7) is 3.91. The Morgan fingerprint density at radius 1 is 0.833 bits per heavy atom. The van der Waals surface area contributed by atoms with E-state index in [-0.39, 0.29) is 22.2 Å². The Bertz CT molecular complexity index is 1400. The molecule has 0 spiro atoms. The van der Waals surface area contributed by atoms with Gasteiger partial charge in [-0.15, -0.1) is 0 Å². The van der Waals surface area contributed by atoms with Gasteiger partial charge in [-0.05, 0) is 73.5 Å². The Morgan fingerprint density at radius 2 is 1.53 bits per heavy atom. The SMILES string of the molecule is COc1ccc(N2C(=O)C(Cl)=C(Nc3ccc(C(=O)Oc4ccc(C)c(C)c4)cc3)C2=O)c(OC)c1. The molecule has 184 valence electrons. The van der Waals surface area contributed by atoms with E-state index in [0.717, 1.165) is 16.0 Å². The van der Waals surface area contributed by atoms with Crippen LogP contribution in [-0.2, 0) is 9.59 Å². The molecule has 1 aliphatic heterocycles. The summed E-state index contributed by atoms with van der Waals surface area (Å²) < 4.78 is 15.9. The van der Waals surface area contributed by atoms with E-state index < -0.39 is 17.8 Å². The summed E-state index contributed by atoms with van der Waals surface area (Å²) in [5, 5.41) is 2.61. The predicted molar refractivity (Wildman–Crippen MR) is 136 cm³/mol. The molecule has 36 heavy (non-hydrogen) atoms. The van der Waals surface area contributed by atoms with Crippen LogP contribution < -0.4 is 24.4 Å². The fourth-order valence-electron chi connectivity index (χ4n) is 3.58. The average molecular weight is 507 g/mol. The molecule has 2 amide bonds. The first kappa shape index (κ1) is 24.8. The maximum Gasteiger partial charge on any atom is 0.343 e. The molecular formula is C27H23ClN2O6. The Labute approximate surface area is 213 Å². The number of rotatable bonds is 7. The van der Waals surface area contributed by atoms with Crippen LogP contribution in [0.1, 0.15) is 21.5 Å². The lowest BCUT2D eigenvalue weighted by atomic mass is 10.1. The van der Waals surface area contributed by atoms with E-state index in [2.05, 4.69) is 5.32 Å². The van der Waals surface area contributed by atoms with Crippen molar-refractivity contribution in [3.8, 4) is 17.2 Å². The Morgan fingerprint density at radius 3 is 2.17 bits per heavy atom. The van der Waals surface area contributed by atoms with Crippen LogP contribution in [-0.4, -0.2) is 32.0 Å². The van der Waals surface area contributed by atoms with Crippen molar-refractivity contribution in [2.24, 2.45) is 0 Å². The van der Waals surface area contributed by atoms with Gasteiger partial charge in [-0.25, -0.2) is 9.69 Å². The van der Waals surface area contributed by atoms with Crippen LogP contribution in [0.25, 0.3) is 0 Å². The molecule has 0 saturated carbocycles. The average Bonchev–Trinajstić information content (AvgIpc) is 3.09. The van der Waals surface area contributed by atoms with E-state index in [1.807, 2.05) is 19.9 Å². The second-order valence-electron chi connectivity index (χ2n) is 8.01. The molecule has 3 aromatic rings. The first-order chi connectivity index (χ1) is 17.2. The summed E-state index contributed by atoms with van der Waals surface area (Å²) >= 11 is 6.23. The van der Waals surface area contributed by atoms with Gasteiger partial charge in [0.15, 0.2) is 0 Å². The second kappa shape index (κ2) is 10.1. The molecule has 0 aromatic heterocycles. The van der Waals surface area contributed by atoms with Gasteiger partial charge in [-0.1, -0.05) is 17.7 Å². The maximum atomic E-state index is 13.1. The van der Waals surface area contributed by atoms with Crippen molar-refractivity contribution in [3.63, 3.8) is 0 Å². The number of methoxy groups -OCH3 is 2. The summed E-state index contributed by atoms with van der Waals surface area (Å²) in [6, 6.07) is 16.4. The number of aryl methyl sites for hydroxylation is 2. The Balaban J connectivity index is 1.50. The lowest BCUT2D eigenvalue weighted by Gasteiger charge is -2.18. The van der Waals surface area contributed by atoms with Crippen molar-refractivity contribution in [1.82, 2.24) is 0 Å². The van der Waals surface area contributed by atoms with Crippen molar-refractivity contribution in [2.45, 2.75) is 13.8 Å². The van der Waals surface area contributed by atoms with Crippen molar-refractivity contribution in [3.05, 3.63) is 88.1 Å². The molecule has 0 unspecified atom stereocenters. The highest BCUT2D eigenvalue weighted by molar-refractivity contribution is 6.53. The molecule has 0 radical (unpaired) electrons. The number of halogens is 1. The number of nitrogens with one attached hydrogen (secondary N) is 1. The molecule has 1 aliphatic rings. The molecule has 9 heteroatoms. The normalized spacial score (nSPS) is 13.2. The van der Waals surface area contributed by atoms with Crippen LogP contribution in [0.4, 0.5) is 11.4 Å². The standard InChI is InChI=1S/C27H23ClN2O6/c1-15-5-10-20(13-16(15)2)36-27(33)17-6-8-18(9-7-17)29-24-23(28)25(31)30(26(24)32)21-12-11-19(34-3)14-22(21)35-4/h5-14,29H,1-4H3. The number of hydrogen-bond donors (Lipinski definition) is 1. The number of nitrogens with zero attached hydrogens (tertiary/aromatic N) is 1. The van der Waals surface area contributed by atoms with E-state index in [1.165, 1.54) is 20.3 Å². The molecule has 1 heterocycles. The quantitative estimate of drug-likeness (QED) is 0.274. The molecule has 0 bridgehead atoms. The number of amides is 2. The molecule has 0 fully saturated rings. The molecule has 1 N–H and O–H groups in total. The predicted octanol–water partition coefficient (Wildman–Crippen LogP) is 4.98. The van der Waals surface area contributed by atoms with Gasteiger partial charge in [0.05, 0.1) is 25.5 Å². The molecule has 3 aromatic carbocycles. The first-order valence-corrected chi connectivity index (χ1v) is 11.3. The summed E-state index contributed by atoms with van der Waals surface area (Å²) in [6.07, 6.45) is 0. The van der Waals surface area contributed by atoms with Crippen LogP contribution in [0.15, 0.2) is 71.4 Å². The summed E-state index contributed by atoms with van der Waals surface area (Å²) in [5.41, 5.74) is 3.02. The zero-order valence-electron chi connectivity index (χ0n) is 20.0. The minimum atomic E-state index is -0.693. The van der Waals surface area contributed by atoms with Gasteiger partial charge in [0.25, 0.3) is 11.8 Å². The number of ether oxygens (including phenoxy) is 3. The molecule has 0 atom stereocenters. The largest absolute Gasteiger partial charge is 0.497 e. The molecular weight excluding hydrogens is 484 g/mol. The molecule has 8 nitrogen and oxygen atoms in total. The third kappa shape index (κ3) is 4.76. The highest BCUT2D eigenvalue weighted by Gasteiger charge is 2.40. The van der Waals surface area contributed by atoms with Gasteiger partial charge in [-0.3, -0.25) is 9.59 Å². The number of carbonyl (C=O) groups is 3. The van der Waals surface area contributed by atoms with E-state index in [9.17, 15) is 14.4 Å². The third-order valence-electron chi connectivity index (χ3n) is 5.73. The van der Waals surface area contributed by atoms with E-state index in [4.69, 9.17) is 25.8 Å². The number of benzene rings is 3. The number of hydrogen-bond acceptors (Lipinski definition) is 7. The highest BCUT2D eigenvalue weighted by Crippen LogP contribution is 2.37. The fraction of sp³-hybridized carbons (Fsp3) is 0.148. The van der Waals surface area contributed by atoms with Gasteiger partial charge in [0.2, 0.25) is 0 Å². The van der Waals surface area contributed by atoms with Crippen LogP contribution >= 0.6 is 11.6 Å². The van der Waals surface area contributed by atoms with Gasteiger partial charge >= 0.3 is 5.97 Å². The van der Waals surface area contributed by atoms with Crippen molar-refractivity contribution in [1.29, 1.82) is 0 Å². The zero-order chi connectivity index (χ0) is 26.0. The number of anilines is 2. The minimum absolute atomic E-state index is 0.0926. The number of esters is 1. The third-order valence-corrected chi connectivity index (χ3v) is 6.08. The smallest absolute Gasteiger partial charge is 0.343 e. The van der Waals surface area contributed by atoms with Crippen LogP contribution in [0, 0.1) is 13.8 Å². The molecule has 4 rings (SSSR count). The Kier molecular flexibility index (Phi) is 6.98. The lowest BCUT2D eigenvalue weighted by molar-refractivity contribution is -0.120. The van der Waals surface area contributed by atoms with Gasteiger partial charge in [0, 0.05) is 11.8 Å². The second-order valence-corrected chi connectivity index (χ2v) is 8.39. The van der Waals surface area contributed by atoms with Crippen molar-refractivity contribution >= 4 is 40.8 Å². The van der Waals surface area contributed by atoms with Gasteiger partial charge in [-0.2, -0.15) is 0 Å². The topological polar surface area (TPSA) is 94.2 Å². The van der Waals surface area contributed by atoms with E-state index in [1.54, 1.807) is 48.5 Å². The molecule has 0 saturated heterocycles. The summed E-state index contributed by atoms with van der Waals surface area (Å²) in [7, 11) is 2.92. The lowest BCUT2D eigenvalue weighted by Crippen LogP contribution is -2.32. The number of carbonyl (C=O) groups excluding carboxylic acids is 3. The van der Waals surface area contributed by atoms with E-state index >= 15 is 0 Å². The van der Waals surface area contributed by atoms with Crippen LogP contribution in [0.2, 0.25) is 0 Å². The van der Waals surface area contributed by atoms with Crippen LogP contribution in [0.5, 0.6) is 17.2 Å². The molecule has 0 aliphatic carbocycles. The minimum Gasteiger partial charge on any atom is -0.497 e. The fourth-order valence-corrected chi connectivity index (χ4v) is 3.79.